The number of esters is 1. The van der Waals surface area contributed by atoms with Crippen LogP contribution in [0, 0.1) is 5.41 Å². The fourth-order valence-corrected chi connectivity index (χ4v) is 4.62. The molecule has 1 aliphatic carbocycles. The highest BCUT2D eigenvalue weighted by atomic mass is 16.5. The van der Waals surface area contributed by atoms with Gasteiger partial charge < -0.3 is 9.47 Å². The Kier molecular flexibility index (Phi) is 6.66. The van der Waals surface area contributed by atoms with Gasteiger partial charge in [0.25, 0.3) is 0 Å². The van der Waals surface area contributed by atoms with Gasteiger partial charge in [0.1, 0.15) is 11.5 Å². The number of ether oxygens (including phenoxy) is 2. The molecule has 1 aliphatic rings. The van der Waals surface area contributed by atoms with Crippen molar-refractivity contribution in [1.29, 1.82) is 0 Å². The number of carbonyl (C=O) groups is 1. The van der Waals surface area contributed by atoms with Crippen LogP contribution in [-0.2, 0) is 10.2 Å². The predicted octanol–water partition coefficient (Wildman–Crippen LogP) is 6.68. The normalized spacial score (nSPS) is 16.3. The van der Waals surface area contributed by atoms with Gasteiger partial charge in [-0.2, -0.15) is 0 Å². The van der Waals surface area contributed by atoms with Gasteiger partial charge in [0, 0.05) is 5.41 Å². The lowest BCUT2D eigenvalue weighted by Crippen LogP contribution is -2.30. The highest BCUT2D eigenvalue weighted by Crippen LogP contribution is 2.45. The van der Waals surface area contributed by atoms with E-state index in [0.717, 1.165) is 31.4 Å². The predicted molar refractivity (Wildman–Crippen MR) is 118 cm³/mol. The number of carbonyl (C=O) groups excluding carboxylic acids is 1. The van der Waals surface area contributed by atoms with Crippen LogP contribution < -0.4 is 9.47 Å². The minimum Gasteiger partial charge on any atom is -0.497 e. The molecular weight excluding hydrogens is 360 g/mol. The molecule has 0 bridgehead atoms. The smallest absolute Gasteiger partial charge is 0.316 e. The van der Waals surface area contributed by atoms with Crippen LogP contribution in [0.5, 0.6) is 11.5 Å². The van der Waals surface area contributed by atoms with Crippen LogP contribution in [-0.4, -0.2) is 13.1 Å². The molecule has 1 saturated carbocycles. The maximum atomic E-state index is 12.5. The van der Waals surface area contributed by atoms with E-state index in [4.69, 9.17) is 9.47 Å². The van der Waals surface area contributed by atoms with Crippen LogP contribution in [0.4, 0.5) is 0 Å². The molecule has 29 heavy (non-hydrogen) atoms. The molecule has 3 heteroatoms. The first-order valence-corrected chi connectivity index (χ1v) is 10.9. The Balaban J connectivity index is 1.85. The summed E-state index contributed by atoms with van der Waals surface area (Å²) in [6.45, 7) is 5.99. The number of benzene rings is 2. The van der Waals surface area contributed by atoms with Crippen LogP contribution in [0.15, 0.2) is 48.5 Å². The van der Waals surface area contributed by atoms with Gasteiger partial charge in [-0.1, -0.05) is 56.9 Å². The van der Waals surface area contributed by atoms with E-state index in [1.807, 2.05) is 26.0 Å². The Bertz CT molecular complexity index is 797. The van der Waals surface area contributed by atoms with Gasteiger partial charge in [-0.3, -0.25) is 4.79 Å². The highest BCUT2D eigenvalue weighted by Gasteiger charge is 2.36. The third-order valence-corrected chi connectivity index (χ3v) is 6.39. The Morgan fingerprint density at radius 2 is 1.41 bits per heavy atom. The molecule has 0 spiro atoms. The third-order valence-electron chi connectivity index (χ3n) is 6.39. The second-order valence-electron chi connectivity index (χ2n) is 8.92. The van der Waals surface area contributed by atoms with Crippen LogP contribution in [0.25, 0.3) is 0 Å². The van der Waals surface area contributed by atoms with E-state index in [1.54, 1.807) is 7.11 Å². The van der Waals surface area contributed by atoms with Gasteiger partial charge in [0.15, 0.2) is 0 Å². The van der Waals surface area contributed by atoms with Gasteiger partial charge in [-0.05, 0) is 68.5 Å². The zero-order valence-corrected chi connectivity index (χ0v) is 18.3. The van der Waals surface area contributed by atoms with E-state index in [1.165, 1.54) is 30.4 Å². The van der Waals surface area contributed by atoms with Crippen LogP contribution in [0.1, 0.15) is 76.8 Å². The summed E-state index contributed by atoms with van der Waals surface area (Å²) in [6, 6.07) is 16.7. The molecular formula is C26H34O3. The van der Waals surface area contributed by atoms with Gasteiger partial charge in [0.2, 0.25) is 0 Å². The van der Waals surface area contributed by atoms with Crippen LogP contribution >= 0.6 is 0 Å². The zero-order valence-electron chi connectivity index (χ0n) is 18.3. The van der Waals surface area contributed by atoms with Crippen molar-refractivity contribution in [3.63, 3.8) is 0 Å². The van der Waals surface area contributed by atoms with Crippen molar-refractivity contribution in [3.8, 4) is 11.5 Å². The molecule has 0 aromatic heterocycles. The molecule has 0 unspecified atom stereocenters. The van der Waals surface area contributed by atoms with E-state index >= 15 is 0 Å². The van der Waals surface area contributed by atoms with E-state index in [-0.39, 0.29) is 11.4 Å². The lowest BCUT2D eigenvalue weighted by molar-refractivity contribution is -0.144. The minimum absolute atomic E-state index is 0.0224. The van der Waals surface area contributed by atoms with Gasteiger partial charge in [0.05, 0.1) is 12.5 Å². The maximum Gasteiger partial charge on any atom is 0.316 e. The lowest BCUT2D eigenvalue weighted by atomic mass is 9.65. The molecule has 0 saturated heterocycles. The van der Waals surface area contributed by atoms with Gasteiger partial charge in [-0.15, -0.1) is 0 Å². The second kappa shape index (κ2) is 9.02. The van der Waals surface area contributed by atoms with Crippen LogP contribution in [0.3, 0.4) is 0 Å². The Hall–Kier alpha value is -2.29. The fourth-order valence-electron chi connectivity index (χ4n) is 4.62. The topological polar surface area (TPSA) is 35.5 Å². The summed E-state index contributed by atoms with van der Waals surface area (Å²) in [6.07, 6.45) is 7.82. The van der Waals surface area contributed by atoms with Gasteiger partial charge in [-0.25, -0.2) is 0 Å². The first-order valence-electron chi connectivity index (χ1n) is 10.9. The third kappa shape index (κ3) is 4.66. The van der Waals surface area contributed by atoms with E-state index in [9.17, 15) is 4.79 Å². The molecule has 2 aromatic rings. The van der Waals surface area contributed by atoms with Crippen molar-refractivity contribution < 1.29 is 14.3 Å². The monoisotopic (exact) mass is 394 g/mol. The molecule has 0 N–H and O–H groups in total. The highest BCUT2D eigenvalue weighted by molar-refractivity contribution is 5.78. The molecule has 1 fully saturated rings. The summed E-state index contributed by atoms with van der Waals surface area (Å²) in [5.41, 5.74) is 2.21. The molecule has 0 aliphatic heterocycles. The Morgan fingerprint density at radius 3 is 1.90 bits per heavy atom. The lowest BCUT2D eigenvalue weighted by Gasteiger charge is -2.38. The van der Waals surface area contributed by atoms with Crippen molar-refractivity contribution in [2.45, 2.75) is 71.1 Å². The van der Waals surface area contributed by atoms with Crippen molar-refractivity contribution in [3.05, 3.63) is 59.7 Å². The zero-order chi connectivity index (χ0) is 20.9. The van der Waals surface area contributed by atoms with E-state index in [0.29, 0.717) is 5.75 Å². The molecule has 0 heterocycles. The van der Waals surface area contributed by atoms with Crippen molar-refractivity contribution in [2.75, 3.05) is 7.11 Å². The van der Waals surface area contributed by atoms with E-state index < -0.39 is 5.41 Å². The Labute approximate surface area is 175 Å². The number of methoxy groups -OCH3 is 1. The summed E-state index contributed by atoms with van der Waals surface area (Å²) < 4.78 is 11.0. The molecule has 0 amide bonds. The molecule has 156 valence electrons. The first-order chi connectivity index (χ1) is 13.9. The fraction of sp³-hybridized carbons (Fsp3) is 0.500. The summed E-state index contributed by atoms with van der Waals surface area (Å²) in [5.74, 6) is 1.36. The summed E-state index contributed by atoms with van der Waals surface area (Å²) in [4.78, 5) is 12.5. The first kappa shape index (κ1) is 21.4. The van der Waals surface area contributed by atoms with Crippen molar-refractivity contribution in [1.82, 2.24) is 0 Å². The SMILES string of the molecule is CCCC(C)(C)C(=O)Oc1ccc(C2(c3ccc(OC)cc3)CCCCC2)cc1. The van der Waals surface area contributed by atoms with Crippen molar-refractivity contribution >= 4 is 5.97 Å². The van der Waals surface area contributed by atoms with Crippen molar-refractivity contribution in [2.24, 2.45) is 5.41 Å². The van der Waals surface area contributed by atoms with Gasteiger partial charge >= 0.3 is 5.97 Å². The number of hydrogen-bond acceptors (Lipinski definition) is 3. The Morgan fingerprint density at radius 1 is 0.897 bits per heavy atom. The average Bonchev–Trinajstić information content (AvgIpc) is 2.75. The maximum absolute atomic E-state index is 12.5. The summed E-state index contributed by atoms with van der Waals surface area (Å²) in [7, 11) is 1.70. The number of hydrogen-bond donors (Lipinski definition) is 0. The molecule has 0 atom stereocenters. The standard InChI is InChI=1S/C26H34O3/c1-5-17-25(2,3)24(27)29-23-15-11-21(12-16-23)26(18-7-6-8-19-26)20-9-13-22(28-4)14-10-20/h9-16H,5-8,17-19H2,1-4H3. The average molecular weight is 395 g/mol. The number of rotatable bonds is 7. The largest absolute Gasteiger partial charge is 0.497 e. The second-order valence-corrected chi connectivity index (χ2v) is 8.92. The van der Waals surface area contributed by atoms with Crippen LogP contribution in [0.2, 0.25) is 0 Å². The quantitative estimate of drug-likeness (QED) is 0.388. The summed E-state index contributed by atoms with van der Waals surface area (Å²) >= 11 is 0. The molecule has 3 rings (SSSR count). The van der Waals surface area contributed by atoms with E-state index in [2.05, 4.69) is 43.3 Å². The molecule has 3 nitrogen and oxygen atoms in total. The molecule has 0 radical (unpaired) electrons. The minimum atomic E-state index is -0.457. The summed E-state index contributed by atoms with van der Waals surface area (Å²) in [5, 5.41) is 0. The molecule has 2 aromatic carbocycles.